The molecule has 1 aromatic rings. The van der Waals surface area contributed by atoms with Crippen LogP contribution in [0.2, 0.25) is 0 Å². The van der Waals surface area contributed by atoms with Crippen LogP contribution in [0.25, 0.3) is 0 Å². The van der Waals surface area contributed by atoms with Crippen LogP contribution in [0.5, 0.6) is 0 Å². The average molecular weight is 315 g/mol. The van der Waals surface area contributed by atoms with Crippen LogP contribution >= 0.6 is 0 Å². The molecule has 124 valence electrons. The largest absolute Gasteiger partial charge is 0.338 e. The fraction of sp³-hybridized carbons (Fsp3) is 0.556. The van der Waals surface area contributed by atoms with Crippen molar-refractivity contribution in [2.45, 2.75) is 38.3 Å². The van der Waals surface area contributed by atoms with Crippen LogP contribution in [0.4, 0.5) is 0 Å². The van der Waals surface area contributed by atoms with Gasteiger partial charge in [-0.05, 0) is 31.7 Å². The first-order valence-electron chi connectivity index (χ1n) is 8.45. The molecule has 1 saturated carbocycles. The van der Waals surface area contributed by atoms with E-state index < -0.39 is 6.04 Å². The van der Waals surface area contributed by atoms with Gasteiger partial charge in [-0.25, -0.2) is 0 Å². The van der Waals surface area contributed by atoms with Crippen molar-refractivity contribution in [3.05, 3.63) is 35.9 Å². The van der Waals surface area contributed by atoms with Crippen molar-refractivity contribution in [3.63, 3.8) is 0 Å². The maximum absolute atomic E-state index is 12.6. The lowest BCUT2D eigenvalue weighted by Gasteiger charge is -2.40. The van der Waals surface area contributed by atoms with E-state index in [1.165, 1.54) is 0 Å². The molecule has 1 aliphatic carbocycles. The third-order valence-electron chi connectivity index (χ3n) is 4.76. The van der Waals surface area contributed by atoms with E-state index >= 15 is 0 Å². The molecular formula is C18H25N3O2. The van der Waals surface area contributed by atoms with E-state index in [9.17, 15) is 9.59 Å². The van der Waals surface area contributed by atoms with Gasteiger partial charge in [-0.1, -0.05) is 30.3 Å². The Morgan fingerprint density at radius 3 is 2.52 bits per heavy atom. The number of hydrogen-bond acceptors (Lipinski definition) is 3. The topological polar surface area (TPSA) is 66.6 Å². The lowest BCUT2D eigenvalue weighted by atomic mass is 10.0. The first kappa shape index (κ1) is 16.0. The summed E-state index contributed by atoms with van der Waals surface area (Å²) in [7, 11) is 0. The van der Waals surface area contributed by atoms with Crippen molar-refractivity contribution >= 4 is 11.8 Å². The van der Waals surface area contributed by atoms with Crippen molar-refractivity contribution in [2.24, 2.45) is 11.7 Å². The monoisotopic (exact) mass is 315 g/mol. The Kier molecular flexibility index (Phi) is 4.66. The molecule has 2 atom stereocenters. The summed E-state index contributed by atoms with van der Waals surface area (Å²) in [4.78, 5) is 28.5. The summed E-state index contributed by atoms with van der Waals surface area (Å²) in [5, 5.41) is 0. The Morgan fingerprint density at radius 1 is 1.22 bits per heavy atom. The molecule has 1 aromatic carbocycles. The summed E-state index contributed by atoms with van der Waals surface area (Å²) in [6, 6.07) is 9.40. The lowest BCUT2D eigenvalue weighted by Crippen LogP contribution is -2.58. The molecule has 1 aliphatic heterocycles. The van der Waals surface area contributed by atoms with Gasteiger partial charge in [0.05, 0.1) is 6.04 Å². The van der Waals surface area contributed by atoms with Crippen molar-refractivity contribution in [1.82, 2.24) is 9.80 Å². The summed E-state index contributed by atoms with van der Waals surface area (Å²) in [6.45, 7) is 3.81. The molecule has 2 aliphatic rings. The first-order valence-corrected chi connectivity index (χ1v) is 8.45. The van der Waals surface area contributed by atoms with E-state index in [-0.39, 0.29) is 23.8 Å². The highest BCUT2D eigenvalue weighted by Gasteiger charge is 2.38. The molecule has 2 amide bonds. The minimum Gasteiger partial charge on any atom is -0.338 e. The predicted molar refractivity (Wildman–Crippen MR) is 88.6 cm³/mol. The predicted octanol–water partition coefficient (Wildman–Crippen LogP) is 1.03. The second-order valence-electron chi connectivity index (χ2n) is 6.74. The molecule has 5 nitrogen and oxygen atoms in total. The van der Waals surface area contributed by atoms with E-state index in [2.05, 4.69) is 0 Å². The number of carbonyl (C=O) groups is 2. The number of benzene rings is 1. The van der Waals surface area contributed by atoms with E-state index in [1.807, 2.05) is 47.1 Å². The molecule has 2 N–H and O–H groups in total. The van der Waals surface area contributed by atoms with Crippen molar-refractivity contribution in [1.29, 1.82) is 0 Å². The van der Waals surface area contributed by atoms with Crippen LogP contribution in [0.1, 0.15) is 25.3 Å². The quantitative estimate of drug-likeness (QED) is 0.902. The molecule has 0 spiro atoms. The highest BCUT2D eigenvalue weighted by atomic mass is 16.2. The highest BCUT2D eigenvalue weighted by Crippen LogP contribution is 2.32. The summed E-state index contributed by atoms with van der Waals surface area (Å²) in [5.74, 6) is 0.484. The van der Waals surface area contributed by atoms with E-state index in [4.69, 9.17) is 5.73 Å². The Balaban J connectivity index is 1.55. The third kappa shape index (κ3) is 3.72. The Morgan fingerprint density at radius 2 is 1.91 bits per heavy atom. The Labute approximate surface area is 137 Å². The van der Waals surface area contributed by atoms with Crippen molar-refractivity contribution in [2.75, 3.05) is 19.6 Å². The zero-order valence-electron chi connectivity index (χ0n) is 13.6. The molecule has 0 aromatic heterocycles. The number of nitrogens with two attached hydrogens (primary N) is 1. The molecule has 3 rings (SSSR count). The van der Waals surface area contributed by atoms with Gasteiger partial charge in [0.2, 0.25) is 11.8 Å². The van der Waals surface area contributed by atoms with Crippen LogP contribution in [0, 0.1) is 5.92 Å². The van der Waals surface area contributed by atoms with Crippen LogP contribution in [-0.2, 0) is 16.0 Å². The van der Waals surface area contributed by atoms with Gasteiger partial charge in [0.15, 0.2) is 0 Å². The summed E-state index contributed by atoms with van der Waals surface area (Å²) in [6.07, 6.45) is 2.59. The van der Waals surface area contributed by atoms with Gasteiger partial charge >= 0.3 is 0 Å². The molecule has 23 heavy (non-hydrogen) atoms. The first-order chi connectivity index (χ1) is 11.1. The minimum atomic E-state index is -0.518. The molecule has 2 fully saturated rings. The highest BCUT2D eigenvalue weighted by molar-refractivity contribution is 5.84. The Hall–Kier alpha value is -1.88. The second kappa shape index (κ2) is 6.71. The van der Waals surface area contributed by atoms with E-state index in [0.717, 1.165) is 18.4 Å². The molecular weight excluding hydrogens is 290 g/mol. The average Bonchev–Trinajstić information content (AvgIpc) is 3.39. The SMILES string of the molecule is C[C@H]1CN(C(=O)[C@H](N)Cc2ccccc2)CCN1C(=O)C1CC1. The van der Waals surface area contributed by atoms with Gasteiger partial charge in [0.1, 0.15) is 0 Å². The number of carbonyl (C=O) groups excluding carboxylic acids is 2. The lowest BCUT2D eigenvalue weighted by molar-refractivity contribution is -0.143. The number of rotatable bonds is 4. The van der Waals surface area contributed by atoms with Crippen LogP contribution in [-0.4, -0.2) is 53.3 Å². The van der Waals surface area contributed by atoms with E-state index in [0.29, 0.717) is 26.1 Å². The van der Waals surface area contributed by atoms with Crippen molar-refractivity contribution < 1.29 is 9.59 Å². The molecule has 0 bridgehead atoms. The fourth-order valence-corrected chi connectivity index (χ4v) is 3.24. The number of amides is 2. The smallest absolute Gasteiger partial charge is 0.239 e. The number of hydrogen-bond donors (Lipinski definition) is 1. The van der Waals surface area contributed by atoms with Crippen LogP contribution in [0.15, 0.2) is 30.3 Å². The summed E-state index contributed by atoms with van der Waals surface area (Å²) < 4.78 is 0. The standard InChI is InChI=1S/C18H25N3O2/c1-13-12-20(9-10-21(13)17(22)15-7-8-15)18(23)16(19)11-14-5-3-2-4-6-14/h2-6,13,15-16H,7-12,19H2,1H3/t13-,16+/m0/s1. The van der Waals surface area contributed by atoms with E-state index in [1.54, 1.807) is 0 Å². The van der Waals surface area contributed by atoms with Gasteiger partial charge in [-0.15, -0.1) is 0 Å². The normalized spacial score (nSPS) is 22.8. The van der Waals surface area contributed by atoms with Gasteiger partial charge in [-0.2, -0.15) is 0 Å². The number of nitrogens with zero attached hydrogens (tertiary/aromatic N) is 2. The maximum atomic E-state index is 12.6. The molecule has 0 unspecified atom stereocenters. The molecule has 5 heteroatoms. The van der Waals surface area contributed by atoms with Crippen LogP contribution < -0.4 is 5.73 Å². The minimum absolute atomic E-state index is 0.0146. The van der Waals surface area contributed by atoms with Gasteiger partial charge in [-0.3, -0.25) is 9.59 Å². The third-order valence-corrected chi connectivity index (χ3v) is 4.76. The van der Waals surface area contributed by atoms with Gasteiger partial charge in [0.25, 0.3) is 0 Å². The molecule has 0 radical (unpaired) electrons. The summed E-state index contributed by atoms with van der Waals surface area (Å²) >= 11 is 0. The fourth-order valence-electron chi connectivity index (χ4n) is 3.24. The maximum Gasteiger partial charge on any atom is 0.239 e. The number of piperazine rings is 1. The summed E-state index contributed by atoms with van der Waals surface area (Å²) in [5.41, 5.74) is 7.18. The molecule has 1 saturated heterocycles. The Bertz CT molecular complexity index is 571. The van der Waals surface area contributed by atoms with Crippen LogP contribution in [0.3, 0.4) is 0 Å². The zero-order valence-corrected chi connectivity index (χ0v) is 13.6. The second-order valence-corrected chi connectivity index (χ2v) is 6.74. The molecule has 1 heterocycles. The van der Waals surface area contributed by atoms with Gasteiger partial charge < -0.3 is 15.5 Å². The van der Waals surface area contributed by atoms with Gasteiger partial charge in [0, 0.05) is 31.6 Å². The van der Waals surface area contributed by atoms with Crippen molar-refractivity contribution in [3.8, 4) is 0 Å². The zero-order chi connectivity index (χ0) is 16.4.